The standard InChI is InChI=1S/C17H24N4O3/c1-3-19(2)16(22)11-7-18-21-6-4-5-20(8-14(11)21)17(23)15-12-9-24-10-13(12)15/h7,12-13,15H,3-6,8-10H2,1-2H3/t12-,13+,15?. The third-order valence-electron chi connectivity index (χ3n) is 5.69. The SMILES string of the molecule is CCN(C)C(=O)c1cnn2c1CN(C(=O)C1[C@H]3COC[C@@H]13)CCC2. The van der Waals surface area contributed by atoms with Gasteiger partial charge in [-0.2, -0.15) is 5.10 Å². The van der Waals surface area contributed by atoms with Crippen molar-refractivity contribution in [2.45, 2.75) is 26.4 Å². The summed E-state index contributed by atoms with van der Waals surface area (Å²) in [4.78, 5) is 29.0. The highest BCUT2D eigenvalue weighted by molar-refractivity contribution is 5.95. The molecule has 3 aliphatic rings. The smallest absolute Gasteiger partial charge is 0.257 e. The summed E-state index contributed by atoms with van der Waals surface area (Å²) in [6.07, 6.45) is 2.52. The normalized spacial score (nSPS) is 28.1. The maximum atomic E-state index is 12.9. The van der Waals surface area contributed by atoms with Gasteiger partial charge in [-0.15, -0.1) is 0 Å². The Labute approximate surface area is 141 Å². The zero-order chi connectivity index (χ0) is 16.8. The number of ether oxygens (including phenoxy) is 1. The molecule has 0 spiro atoms. The van der Waals surface area contributed by atoms with Crippen LogP contribution in [0.25, 0.3) is 0 Å². The zero-order valence-corrected chi connectivity index (χ0v) is 14.3. The molecule has 0 aromatic carbocycles. The number of aryl methyl sites for hydroxylation is 1. The summed E-state index contributed by atoms with van der Waals surface area (Å²) >= 11 is 0. The lowest BCUT2D eigenvalue weighted by molar-refractivity contribution is -0.134. The molecule has 1 aliphatic carbocycles. The fourth-order valence-corrected chi connectivity index (χ4v) is 3.97. The predicted octanol–water partition coefficient (Wildman–Crippen LogP) is 0.600. The first-order valence-electron chi connectivity index (χ1n) is 8.78. The molecule has 2 fully saturated rings. The Morgan fingerprint density at radius 2 is 2.08 bits per heavy atom. The van der Waals surface area contributed by atoms with E-state index in [2.05, 4.69) is 5.10 Å². The van der Waals surface area contributed by atoms with Crippen LogP contribution in [0.15, 0.2) is 6.20 Å². The molecule has 3 heterocycles. The highest BCUT2D eigenvalue weighted by atomic mass is 16.5. The van der Waals surface area contributed by atoms with E-state index in [-0.39, 0.29) is 17.7 Å². The number of hydrogen-bond donors (Lipinski definition) is 0. The van der Waals surface area contributed by atoms with Gasteiger partial charge in [0.1, 0.15) is 0 Å². The van der Waals surface area contributed by atoms with Gasteiger partial charge in [0.2, 0.25) is 5.91 Å². The van der Waals surface area contributed by atoms with E-state index in [4.69, 9.17) is 4.74 Å². The van der Waals surface area contributed by atoms with Crippen LogP contribution in [-0.4, -0.2) is 64.7 Å². The van der Waals surface area contributed by atoms with Crippen LogP contribution in [0.1, 0.15) is 29.4 Å². The van der Waals surface area contributed by atoms with Crippen LogP contribution in [-0.2, 0) is 22.6 Å². The van der Waals surface area contributed by atoms with Crippen molar-refractivity contribution in [2.75, 3.05) is 33.4 Å². The molecule has 3 atom stereocenters. The Morgan fingerprint density at radius 3 is 2.79 bits per heavy atom. The lowest BCUT2D eigenvalue weighted by Gasteiger charge is -2.22. The first kappa shape index (κ1) is 15.6. The van der Waals surface area contributed by atoms with E-state index in [1.165, 1.54) is 0 Å². The molecule has 1 aromatic rings. The molecule has 0 N–H and O–H groups in total. The molecule has 7 heteroatoms. The van der Waals surface area contributed by atoms with Crippen molar-refractivity contribution in [1.82, 2.24) is 19.6 Å². The molecule has 1 aromatic heterocycles. The van der Waals surface area contributed by atoms with E-state index in [0.29, 0.717) is 30.5 Å². The molecule has 0 radical (unpaired) electrons. The lowest BCUT2D eigenvalue weighted by Crippen LogP contribution is -2.34. The van der Waals surface area contributed by atoms with E-state index in [1.54, 1.807) is 18.1 Å². The minimum atomic E-state index is -0.0234. The van der Waals surface area contributed by atoms with Crippen LogP contribution < -0.4 is 0 Å². The van der Waals surface area contributed by atoms with Crippen LogP contribution >= 0.6 is 0 Å². The van der Waals surface area contributed by atoms with Crippen molar-refractivity contribution in [2.24, 2.45) is 17.8 Å². The molecule has 24 heavy (non-hydrogen) atoms. The van der Waals surface area contributed by atoms with Crippen molar-refractivity contribution < 1.29 is 14.3 Å². The Balaban J connectivity index is 1.54. The van der Waals surface area contributed by atoms with Crippen molar-refractivity contribution in [3.8, 4) is 0 Å². The van der Waals surface area contributed by atoms with Crippen molar-refractivity contribution in [1.29, 1.82) is 0 Å². The largest absolute Gasteiger partial charge is 0.381 e. The first-order valence-corrected chi connectivity index (χ1v) is 8.78. The van der Waals surface area contributed by atoms with Crippen molar-refractivity contribution in [3.05, 3.63) is 17.5 Å². The molecular formula is C17H24N4O3. The van der Waals surface area contributed by atoms with Gasteiger partial charge in [-0.3, -0.25) is 14.3 Å². The minimum absolute atomic E-state index is 0.0234. The van der Waals surface area contributed by atoms with E-state index in [0.717, 1.165) is 38.4 Å². The summed E-state index contributed by atoms with van der Waals surface area (Å²) in [5.41, 5.74) is 1.49. The second-order valence-electron chi connectivity index (χ2n) is 7.05. The summed E-state index contributed by atoms with van der Waals surface area (Å²) in [7, 11) is 1.79. The highest BCUT2D eigenvalue weighted by Crippen LogP contribution is 2.51. The molecule has 4 rings (SSSR count). The molecule has 2 aliphatic heterocycles. The van der Waals surface area contributed by atoms with Crippen LogP contribution in [0.2, 0.25) is 0 Å². The number of amides is 2. The number of fused-ring (bicyclic) bond motifs is 2. The van der Waals surface area contributed by atoms with Gasteiger partial charge >= 0.3 is 0 Å². The average molecular weight is 332 g/mol. The number of hydrogen-bond acceptors (Lipinski definition) is 4. The van der Waals surface area contributed by atoms with E-state index < -0.39 is 0 Å². The summed E-state index contributed by atoms with van der Waals surface area (Å²) in [6.45, 7) is 6.00. The second kappa shape index (κ2) is 5.88. The Kier molecular flexibility index (Phi) is 3.83. The fourth-order valence-electron chi connectivity index (χ4n) is 3.97. The molecule has 1 saturated heterocycles. The minimum Gasteiger partial charge on any atom is -0.381 e. The Morgan fingerprint density at radius 1 is 1.33 bits per heavy atom. The quantitative estimate of drug-likeness (QED) is 0.813. The van der Waals surface area contributed by atoms with Gasteiger partial charge in [-0.05, 0) is 25.2 Å². The lowest BCUT2D eigenvalue weighted by atomic mass is 10.2. The third kappa shape index (κ3) is 2.42. The topological polar surface area (TPSA) is 67.7 Å². The van der Waals surface area contributed by atoms with Gasteiger partial charge in [-0.1, -0.05) is 0 Å². The summed E-state index contributed by atoms with van der Waals surface area (Å²) in [6, 6.07) is 0. The average Bonchev–Trinajstić information content (AvgIpc) is 2.92. The van der Waals surface area contributed by atoms with Crippen molar-refractivity contribution >= 4 is 11.8 Å². The molecule has 7 nitrogen and oxygen atoms in total. The molecule has 1 unspecified atom stereocenters. The van der Waals surface area contributed by atoms with Crippen LogP contribution in [0.5, 0.6) is 0 Å². The summed E-state index contributed by atoms with van der Waals surface area (Å²) in [5, 5.41) is 4.38. The molecule has 1 saturated carbocycles. The molecule has 130 valence electrons. The van der Waals surface area contributed by atoms with E-state index in [1.807, 2.05) is 16.5 Å². The Bertz CT molecular complexity index is 661. The number of rotatable bonds is 3. The monoisotopic (exact) mass is 332 g/mol. The van der Waals surface area contributed by atoms with Crippen LogP contribution in [0.4, 0.5) is 0 Å². The summed E-state index contributed by atoms with van der Waals surface area (Å²) in [5.74, 6) is 1.16. The third-order valence-corrected chi connectivity index (χ3v) is 5.69. The summed E-state index contributed by atoms with van der Waals surface area (Å²) < 4.78 is 7.29. The number of nitrogens with zero attached hydrogens (tertiary/aromatic N) is 4. The van der Waals surface area contributed by atoms with E-state index in [9.17, 15) is 9.59 Å². The predicted molar refractivity (Wildman–Crippen MR) is 86.2 cm³/mol. The van der Waals surface area contributed by atoms with Crippen molar-refractivity contribution in [3.63, 3.8) is 0 Å². The van der Waals surface area contributed by atoms with Gasteiger partial charge in [0, 0.05) is 32.6 Å². The highest BCUT2D eigenvalue weighted by Gasteiger charge is 2.59. The van der Waals surface area contributed by atoms with Gasteiger partial charge in [0.25, 0.3) is 5.91 Å². The van der Waals surface area contributed by atoms with Gasteiger partial charge in [0.15, 0.2) is 0 Å². The van der Waals surface area contributed by atoms with Gasteiger partial charge < -0.3 is 14.5 Å². The molecule has 2 amide bonds. The molecular weight excluding hydrogens is 308 g/mol. The zero-order valence-electron chi connectivity index (χ0n) is 14.3. The van der Waals surface area contributed by atoms with Gasteiger partial charge in [-0.25, -0.2) is 0 Å². The first-order chi connectivity index (χ1) is 11.6. The number of aromatic nitrogens is 2. The fraction of sp³-hybridized carbons (Fsp3) is 0.706. The van der Waals surface area contributed by atoms with E-state index >= 15 is 0 Å². The number of carbonyl (C=O) groups excluding carboxylic acids is 2. The molecule has 0 bridgehead atoms. The second-order valence-corrected chi connectivity index (χ2v) is 7.05. The van der Waals surface area contributed by atoms with Crippen LogP contribution in [0.3, 0.4) is 0 Å². The maximum Gasteiger partial charge on any atom is 0.257 e. The van der Waals surface area contributed by atoms with Gasteiger partial charge in [0.05, 0.1) is 37.2 Å². The maximum absolute atomic E-state index is 12.9. The number of carbonyl (C=O) groups is 2. The Hall–Kier alpha value is -1.89. The van der Waals surface area contributed by atoms with Crippen LogP contribution in [0, 0.1) is 17.8 Å².